The minimum Gasteiger partial charge on any atom is -0.376 e. The molecule has 0 aliphatic carbocycles. The van der Waals surface area contributed by atoms with Crippen molar-refractivity contribution in [1.82, 2.24) is 0 Å². The van der Waals surface area contributed by atoms with Crippen molar-refractivity contribution >= 4 is 21.5 Å². The Balaban J connectivity index is 2.05. The number of hydrogen-bond acceptors (Lipinski definition) is 1. The third-order valence-corrected chi connectivity index (χ3v) is 3.80. The zero-order valence-electron chi connectivity index (χ0n) is 10.1. The van der Waals surface area contributed by atoms with Crippen LogP contribution < -0.4 is 0 Å². The van der Waals surface area contributed by atoms with Crippen LogP contribution in [0, 0.1) is 0 Å². The van der Waals surface area contributed by atoms with Gasteiger partial charge in [0.15, 0.2) is 0 Å². The maximum atomic E-state index is 5.53. The Bertz CT molecular complexity index is 679. The Kier molecular flexibility index (Phi) is 2.14. The highest BCUT2D eigenvalue weighted by atomic mass is 16.5. The molecule has 3 aromatic rings. The third kappa shape index (κ3) is 1.52. The number of ether oxygens (including phenoxy) is 1. The van der Waals surface area contributed by atoms with Crippen LogP contribution in [0.2, 0.25) is 0 Å². The van der Waals surface area contributed by atoms with E-state index in [1.54, 1.807) is 0 Å². The molecule has 1 aliphatic rings. The van der Waals surface area contributed by atoms with Gasteiger partial charge in [-0.15, -0.1) is 0 Å². The smallest absolute Gasteiger partial charge is 0.0719 e. The molecule has 4 rings (SSSR count). The van der Waals surface area contributed by atoms with E-state index in [0.29, 0.717) is 0 Å². The van der Waals surface area contributed by atoms with E-state index in [9.17, 15) is 0 Å². The van der Waals surface area contributed by atoms with Crippen molar-refractivity contribution in [3.8, 4) is 0 Å². The molecular weight excluding hydrogens is 220 g/mol. The molecule has 0 saturated carbocycles. The van der Waals surface area contributed by atoms with E-state index in [1.807, 2.05) is 0 Å². The van der Waals surface area contributed by atoms with Crippen molar-refractivity contribution < 1.29 is 4.74 Å². The SMILES string of the molecule is c1ccc2cc3cc4c(cc3cc2c1)CCOC4. The molecule has 0 unspecified atom stereocenters. The maximum Gasteiger partial charge on any atom is 0.0719 e. The van der Waals surface area contributed by atoms with Gasteiger partial charge < -0.3 is 4.74 Å². The first-order chi connectivity index (χ1) is 8.90. The summed E-state index contributed by atoms with van der Waals surface area (Å²) in [5.41, 5.74) is 2.80. The van der Waals surface area contributed by atoms with Gasteiger partial charge in [-0.25, -0.2) is 0 Å². The van der Waals surface area contributed by atoms with Crippen LogP contribution in [0.5, 0.6) is 0 Å². The molecule has 0 fully saturated rings. The summed E-state index contributed by atoms with van der Waals surface area (Å²) in [5, 5.41) is 5.28. The Hall–Kier alpha value is -1.86. The molecule has 0 spiro atoms. The van der Waals surface area contributed by atoms with E-state index in [-0.39, 0.29) is 0 Å². The van der Waals surface area contributed by atoms with Gasteiger partial charge in [0.05, 0.1) is 13.2 Å². The molecule has 3 aromatic carbocycles. The monoisotopic (exact) mass is 234 g/mol. The number of fused-ring (bicyclic) bond motifs is 3. The lowest BCUT2D eigenvalue weighted by Gasteiger charge is -2.17. The first-order valence-electron chi connectivity index (χ1n) is 6.42. The molecule has 0 aromatic heterocycles. The molecule has 1 aliphatic heterocycles. The van der Waals surface area contributed by atoms with Gasteiger partial charge in [-0.05, 0) is 57.3 Å². The Morgan fingerprint density at radius 2 is 1.39 bits per heavy atom. The van der Waals surface area contributed by atoms with Crippen molar-refractivity contribution in [1.29, 1.82) is 0 Å². The molecule has 88 valence electrons. The van der Waals surface area contributed by atoms with Crippen molar-refractivity contribution in [3.63, 3.8) is 0 Å². The maximum absolute atomic E-state index is 5.53. The van der Waals surface area contributed by atoms with E-state index in [0.717, 1.165) is 19.6 Å². The first-order valence-corrected chi connectivity index (χ1v) is 6.42. The topological polar surface area (TPSA) is 9.23 Å². The molecule has 0 saturated heterocycles. The lowest BCUT2D eigenvalue weighted by molar-refractivity contribution is 0.111. The van der Waals surface area contributed by atoms with E-state index >= 15 is 0 Å². The summed E-state index contributed by atoms with van der Waals surface area (Å²) in [6.07, 6.45) is 1.04. The molecule has 1 nitrogen and oxygen atoms in total. The fourth-order valence-electron chi connectivity index (χ4n) is 2.82. The highest BCUT2D eigenvalue weighted by Gasteiger charge is 2.10. The second-order valence-electron chi connectivity index (χ2n) is 4.97. The fourth-order valence-corrected chi connectivity index (χ4v) is 2.82. The second-order valence-corrected chi connectivity index (χ2v) is 4.97. The largest absolute Gasteiger partial charge is 0.376 e. The van der Waals surface area contributed by atoms with Crippen molar-refractivity contribution in [2.24, 2.45) is 0 Å². The first kappa shape index (κ1) is 10.1. The minimum atomic E-state index is 0.762. The van der Waals surface area contributed by atoms with Gasteiger partial charge in [-0.1, -0.05) is 30.3 Å². The highest BCUT2D eigenvalue weighted by Crippen LogP contribution is 2.27. The van der Waals surface area contributed by atoms with E-state index in [4.69, 9.17) is 4.74 Å². The van der Waals surface area contributed by atoms with Gasteiger partial charge in [0.1, 0.15) is 0 Å². The van der Waals surface area contributed by atoms with E-state index in [1.165, 1.54) is 32.7 Å². The van der Waals surface area contributed by atoms with Gasteiger partial charge in [-0.2, -0.15) is 0 Å². The minimum absolute atomic E-state index is 0.762. The summed E-state index contributed by atoms with van der Waals surface area (Å²) in [6, 6.07) is 17.7. The van der Waals surface area contributed by atoms with Crippen LogP contribution in [-0.2, 0) is 17.8 Å². The van der Waals surface area contributed by atoms with E-state index in [2.05, 4.69) is 48.5 Å². The van der Waals surface area contributed by atoms with Gasteiger partial charge in [0, 0.05) is 0 Å². The van der Waals surface area contributed by atoms with Gasteiger partial charge in [0.25, 0.3) is 0 Å². The van der Waals surface area contributed by atoms with Crippen LogP contribution in [-0.4, -0.2) is 6.61 Å². The quantitative estimate of drug-likeness (QED) is 0.533. The van der Waals surface area contributed by atoms with Crippen molar-refractivity contribution in [2.45, 2.75) is 13.0 Å². The fraction of sp³-hybridized carbons (Fsp3) is 0.176. The van der Waals surface area contributed by atoms with Crippen molar-refractivity contribution in [3.05, 3.63) is 59.7 Å². The van der Waals surface area contributed by atoms with Gasteiger partial charge in [-0.3, -0.25) is 0 Å². The average Bonchev–Trinajstić information content (AvgIpc) is 2.42. The molecular formula is C17H14O. The summed E-state index contributed by atoms with van der Waals surface area (Å²) in [7, 11) is 0. The molecule has 18 heavy (non-hydrogen) atoms. The van der Waals surface area contributed by atoms with Gasteiger partial charge >= 0.3 is 0 Å². The highest BCUT2D eigenvalue weighted by molar-refractivity contribution is 5.98. The average molecular weight is 234 g/mol. The summed E-state index contributed by atoms with van der Waals surface area (Å²) >= 11 is 0. The Labute approximate surface area is 106 Å². The summed E-state index contributed by atoms with van der Waals surface area (Å²) in [4.78, 5) is 0. The zero-order chi connectivity index (χ0) is 11.9. The lowest BCUT2D eigenvalue weighted by Crippen LogP contribution is -2.09. The number of rotatable bonds is 0. The molecule has 1 heteroatoms. The summed E-state index contributed by atoms with van der Waals surface area (Å²) < 4.78 is 5.53. The van der Waals surface area contributed by atoms with Crippen LogP contribution in [0.15, 0.2) is 48.5 Å². The van der Waals surface area contributed by atoms with Crippen LogP contribution in [0.3, 0.4) is 0 Å². The van der Waals surface area contributed by atoms with Crippen LogP contribution in [0.4, 0.5) is 0 Å². The number of benzene rings is 3. The molecule has 0 radical (unpaired) electrons. The third-order valence-electron chi connectivity index (χ3n) is 3.80. The molecule has 0 bridgehead atoms. The Morgan fingerprint density at radius 1 is 0.722 bits per heavy atom. The van der Waals surface area contributed by atoms with Crippen LogP contribution in [0.25, 0.3) is 21.5 Å². The van der Waals surface area contributed by atoms with Crippen LogP contribution in [0.1, 0.15) is 11.1 Å². The predicted molar refractivity (Wildman–Crippen MR) is 74.8 cm³/mol. The van der Waals surface area contributed by atoms with Gasteiger partial charge in [0.2, 0.25) is 0 Å². The summed E-state index contributed by atoms with van der Waals surface area (Å²) in [5.74, 6) is 0. The molecule has 0 amide bonds. The molecule has 0 N–H and O–H groups in total. The second kappa shape index (κ2) is 3.82. The summed E-state index contributed by atoms with van der Waals surface area (Å²) in [6.45, 7) is 1.62. The van der Waals surface area contributed by atoms with Crippen LogP contribution >= 0.6 is 0 Å². The number of hydrogen-bond donors (Lipinski definition) is 0. The normalized spacial score (nSPS) is 14.9. The zero-order valence-corrected chi connectivity index (χ0v) is 10.1. The Morgan fingerprint density at radius 3 is 2.11 bits per heavy atom. The molecule has 1 heterocycles. The lowest BCUT2D eigenvalue weighted by atomic mass is 9.96. The molecule has 0 atom stereocenters. The predicted octanol–water partition coefficient (Wildman–Crippen LogP) is 4.07. The van der Waals surface area contributed by atoms with Crippen molar-refractivity contribution in [2.75, 3.05) is 6.61 Å². The van der Waals surface area contributed by atoms with E-state index < -0.39 is 0 Å². The standard InChI is InChI=1S/C17H14O/c1-2-4-13-8-16-10-17-11-18-6-5-14(17)9-15(16)7-12(13)3-1/h1-4,7-10H,5-6,11H2.